The van der Waals surface area contributed by atoms with Gasteiger partial charge in [-0.3, -0.25) is 0 Å². The predicted octanol–water partition coefficient (Wildman–Crippen LogP) is 3.37. The second-order valence-electron chi connectivity index (χ2n) is 12.9. The van der Waals surface area contributed by atoms with Gasteiger partial charge in [-0.05, 0) is 104 Å². The first-order valence-electron chi connectivity index (χ1n) is 13.5. The second-order valence-corrected chi connectivity index (χ2v) is 12.9. The highest BCUT2D eigenvalue weighted by atomic mass is 16.5. The molecule has 5 nitrogen and oxygen atoms in total. The number of aliphatic hydroxyl groups is 4. The van der Waals surface area contributed by atoms with Gasteiger partial charge in [0.1, 0.15) is 0 Å². The zero-order valence-corrected chi connectivity index (χ0v) is 20.3. The largest absolute Gasteiger partial charge is 0.396 e. The van der Waals surface area contributed by atoms with Gasteiger partial charge >= 0.3 is 0 Å². The van der Waals surface area contributed by atoms with E-state index < -0.39 is 0 Å². The third kappa shape index (κ3) is 3.44. The summed E-state index contributed by atoms with van der Waals surface area (Å²) >= 11 is 0. The highest BCUT2D eigenvalue weighted by molar-refractivity contribution is 5.14. The Balaban J connectivity index is 1.33. The van der Waals surface area contributed by atoms with E-state index in [9.17, 15) is 20.4 Å². The molecule has 0 radical (unpaired) electrons. The van der Waals surface area contributed by atoms with E-state index in [1.165, 1.54) is 0 Å². The van der Waals surface area contributed by atoms with Crippen LogP contribution in [0.2, 0.25) is 0 Å². The van der Waals surface area contributed by atoms with Crippen molar-refractivity contribution in [1.82, 2.24) is 0 Å². The summed E-state index contributed by atoms with van der Waals surface area (Å²) in [5.74, 6) is 2.68. The topological polar surface area (TPSA) is 90.2 Å². The molecule has 0 bridgehead atoms. The summed E-state index contributed by atoms with van der Waals surface area (Å²) in [6, 6.07) is 0. The molecule has 4 saturated carbocycles. The van der Waals surface area contributed by atoms with Gasteiger partial charge in [0.2, 0.25) is 0 Å². The summed E-state index contributed by atoms with van der Waals surface area (Å²) < 4.78 is 5.69. The maximum Gasteiger partial charge on any atom is 0.0647 e. The minimum absolute atomic E-state index is 0.129. The highest BCUT2D eigenvalue weighted by Crippen LogP contribution is 2.68. The van der Waals surface area contributed by atoms with E-state index in [4.69, 9.17) is 4.74 Å². The molecule has 184 valence electrons. The fourth-order valence-electron chi connectivity index (χ4n) is 9.62. The van der Waals surface area contributed by atoms with Crippen molar-refractivity contribution in [3.05, 3.63) is 0 Å². The first-order chi connectivity index (χ1) is 15.2. The second kappa shape index (κ2) is 8.48. The summed E-state index contributed by atoms with van der Waals surface area (Å²) in [7, 11) is 0. The van der Waals surface area contributed by atoms with Gasteiger partial charge in [-0.2, -0.15) is 0 Å². The lowest BCUT2D eigenvalue weighted by Crippen LogP contribution is -2.62. The van der Waals surface area contributed by atoms with E-state index in [-0.39, 0.29) is 47.8 Å². The minimum atomic E-state index is -0.316. The fraction of sp³-hybridized carbons (Fsp3) is 1.00. The van der Waals surface area contributed by atoms with Crippen LogP contribution in [0.1, 0.15) is 78.6 Å². The molecule has 5 heteroatoms. The van der Waals surface area contributed by atoms with Crippen molar-refractivity contribution in [1.29, 1.82) is 0 Å². The van der Waals surface area contributed by atoms with E-state index in [2.05, 4.69) is 20.8 Å². The Morgan fingerprint density at radius 3 is 2.47 bits per heavy atom. The van der Waals surface area contributed by atoms with Crippen molar-refractivity contribution < 1.29 is 25.2 Å². The van der Waals surface area contributed by atoms with E-state index >= 15 is 0 Å². The van der Waals surface area contributed by atoms with Crippen molar-refractivity contribution in [2.45, 2.75) is 103 Å². The average molecular weight is 451 g/mol. The quantitative estimate of drug-likeness (QED) is 0.516. The highest BCUT2D eigenvalue weighted by Gasteiger charge is 2.65. The molecule has 0 spiro atoms. The number of fused-ring (bicyclic) bond motifs is 5. The van der Waals surface area contributed by atoms with Crippen LogP contribution in [0.15, 0.2) is 0 Å². The molecule has 6 unspecified atom stereocenters. The molecule has 0 aromatic heterocycles. The zero-order valence-electron chi connectivity index (χ0n) is 20.3. The van der Waals surface area contributed by atoms with Crippen molar-refractivity contribution >= 4 is 0 Å². The lowest BCUT2D eigenvalue weighted by atomic mass is 9.43. The Kier molecular flexibility index (Phi) is 6.24. The molecule has 32 heavy (non-hydrogen) atoms. The summed E-state index contributed by atoms with van der Waals surface area (Å²) in [6.45, 7) is 7.98. The van der Waals surface area contributed by atoms with E-state index in [1.54, 1.807) is 0 Å². The smallest absolute Gasteiger partial charge is 0.0647 e. The normalized spacial score (nSPS) is 56.0. The molecule has 0 aromatic rings. The predicted molar refractivity (Wildman–Crippen MR) is 123 cm³/mol. The Morgan fingerprint density at radius 2 is 1.78 bits per heavy atom. The molecular weight excluding hydrogens is 404 g/mol. The van der Waals surface area contributed by atoms with Crippen LogP contribution >= 0.6 is 0 Å². The van der Waals surface area contributed by atoms with Crippen LogP contribution in [0.5, 0.6) is 0 Å². The third-order valence-corrected chi connectivity index (χ3v) is 11.7. The van der Waals surface area contributed by atoms with Crippen LogP contribution in [0.4, 0.5) is 0 Å². The lowest BCUT2D eigenvalue weighted by Gasteiger charge is -2.63. The molecule has 4 aliphatic carbocycles. The number of hydrogen-bond donors (Lipinski definition) is 4. The molecule has 1 heterocycles. The Morgan fingerprint density at radius 1 is 1.00 bits per heavy atom. The maximum atomic E-state index is 11.7. The molecule has 5 aliphatic rings. The summed E-state index contributed by atoms with van der Waals surface area (Å²) in [5.41, 5.74) is 0.00575. The van der Waals surface area contributed by atoms with E-state index in [1.807, 2.05) is 0 Å². The van der Waals surface area contributed by atoms with Crippen molar-refractivity contribution in [2.24, 2.45) is 52.3 Å². The standard InChI is InChI=1S/C27H46O5/c1-15(4-7-23-16(13-28)14-32-23)19-5-6-20-25-21(12-24(31)27(19,20)3)26(2)9-8-18(29)10-17(26)11-22(25)30/h15-25,28-31H,4-14H2,1-3H3/t15-,16?,17?,18?,19-,20+,21+,22?,23?,24?,25+,26+,27-/m1/s1. The number of aliphatic hydroxyl groups excluding tert-OH is 4. The van der Waals surface area contributed by atoms with E-state index in [0.717, 1.165) is 57.8 Å². The molecule has 13 atom stereocenters. The number of rotatable bonds is 5. The van der Waals surface area contributed by atoms with Gasteiger partial charge in [0.15, 0.2) is 0 Å². The number of hydrogen-bond acceptors (Lipinski definition) is 5. The Labute approximate surface area is 193 Å². The molecule has 1 aliphatic heterocycles. The SMILES string of the molecule is C[C@H](CCC1OCC1CO)[C@H]1CC[C@H]2[C@@H]3C(O)CC4CC(O)CC[C@]4(C)[C@H]3CC(O)[C@]12C. The van der Waals surface area contributed by atoms with E-state index in [0.29, 0.717) is 42.1 Å². The molecular formula is C27H46O5. The van der Waals surface area contributed by atoms with Crippen LogP contribution in [0.25, 0.3) is 0 Å². The van der Waals surface area contributed by atoms with Crippen molar-refractivity contribution in [3.8, 4) is 0 Å². The zero-order chi connectivity index (χ0) is 22.8. The number of ether oxygens (including phenoxy) is 1. The van der Waals surface area contributed by atoms with Gasteiger partial charge < -0.3 is 25.2 Å². The summed E-state index contributed by atoms with van der Waals surface area (Å²) in [6.07, 6.45) is 8.01. The minimum Gasteiger partial charge on any atom is -0.396 e. The molecule has 0 aromatic carbocycles. The first kappa shape index (κ1) is 23.5. The van der Waals surface area contributed by atoms with Gasteiger partial charge in [0.05, 0.1) is 37.6 Å². The molecule has 5 fully saturated rings. The van der Waals surface area contributed by atoms with Gasteiger partial charge in [0.25, 0.3) is 0 Å². The average Bonchev–Trinajstić information content (AvgIpc) is 3.08. The monoisotopic (exact) mass is 450 g/mol. The molecule has 5 rings (SSSR count). The third-order valence-electron chi connectivity index (χ3n) is 11.7. The van der Waals surface area contributed by atoms with Crippen LogP contribution in [0.3, 0.4) is 0 Å². The van der Waals surface area contributed by atoms with Crippen LogP contribution in [0, 0.1) is 52.3 Å². The molecule has 0 amide bonds. The molecule has 1 saturated heterocycles. The van der Waals surface area contributed by atoms with Gasteiger partial charge in [-0.15, -0.1) is 0 Å². The fourth-order valence-corrected chi connectivity index (χ4v) is 9.62. The maximum absolute atomic E-state index is 11.7. The van der Waals surface area contributed by atoms with Crippen LogP contribution < -0.4 is 0 Å². The Bertz CT molecular complexity index is 683. The summed E-state index contributed by atoms with van der Waals surface area (Å²) in [4.78, 5) is 0. The van der Waals surface area contributed by atoms with Crippen molar-refractivity contribution in [3.63, 3.8) is 0 Å². The van der Waals surface area contributed by atoms with Gasteiger partial charge in [-0.1, -0.05) is 20.8 Å². The van der Waals surface area contributed by atoms with Gasteiger partial charge in [0, 0.05) is 5.92 Å². The van der Waals surface area contributed by atoms with Gasteiger partial charge in [-0.25, -0.2) is 0 Å². The first-order valence-corrected chi connectivity index (χ1v) is 13.5. The Hall–Kier alpha value is -0.200. The molecule has 4 N–H and O–H groups in total. The van der Waals surface area contributed by atoms with Crippen LogP contribution in [-0.4, -0.2) is 58.1 Å². The van der Waals surface area contributed by atoms with Crippen molar-refractivity contribution in [2.75, 3.05) is 13.2 Å². The summed E-state index contributed by atoms with van der Waals surface area (Å²) in [5, 5.41) is 42.8. The van der Waals surface area contributed by atoms with Crippen LogP contribution in [-0.2, 0) is 4.74 Å². The lowest BCUT2D eigenvalue weighted by molar-refractivity contribution is -0.207.